The predicted octanol–water partition coefficient (Wildman–Crippen LogP) is 4.06. The topological polar surface area (TPSA) is 20.2 Å². The fourth-order valence-electron chi connectivity index (χ4n) is 2.68. The van der Waals surface area contributed by atoms with Crippen LogP contribution in [0.5, 0.6) is 5.75 Å². The molecule has 1 aliphatic carbocycles. The minimum Gasteiger partial charge on any atom is -0.508 e. The maximum absolute atomic E-state index is 9.62. The molecule has 1 aromatic rings. The second kappa shape index (κ2) is 4.26. The van der Waals surface area contributed by atoms with Gasteiger partial charge in [-0.2, -0.15) is 0 Å². The molecule has 0 aliphatic heterocycles. The van der Waals surface area contributed by atoms with Crippen LogP contribution in [0.3, 0.4) is 0 Å². The Kier molecular flexibility index (Phi) is 2.99. The molecule has 0 amide bonds. The Morgan fingerprint density at radius 2 is 1.67 bits per heavy atom. The average Bonchev–Trinajstić information content (AvgIpc) is 2.27. The summed E-state index contributed by atoms with van der Waals surface area (Å²) in [6.45, 7) is 4.15. The average molecular weight is 204 g/mol. The van der Waals surface area contributed by atoms with Crippen LogP contribution in [0.15, 0.2) is 12.1 Å². The first-order chi connectivity index (χ1) is 7.20. The third kappa shape index (κ3) is 2.01. The second-order valence-corrected chi connectivity index (χ2v) is 4.76. The first-order valence-electron chi connectivity index (χ1n) is 5.99. The van der Waals surface area contributed by atoms with E-state index in [0.29, 0.717) is 5.75 Å². The highest BCUT2D eigenvalue weighted by atomic mass is 16.3. The van der Waals surface area contributed by atoms with E-state index in [9.17, 15) is 5.11 Å². The maximum atomic E-state index is 9.62. The van der Waals surface area contributed by atoms with Crippen molar-refractivity contribution < 1.29 is 5.11 Å². The summed E-state index contributed by atoms with van der Waals surface area (Å²) in [7, 11) is 0. The minimum absolute atomic E-state index is 0.437. The number of aromatic hydroxyl groups is 1. The summed E-state index contributed by atoms with van der Waals surface area (Å²) in [6.07, 6.45) is 6.77. The van der Waals surface area contributed by atoms with Crippen molar-refractivity contribution in [2.75, 3.05) is 0 Å². The number of benzene rings is 1. The highest BCUT2D eigenvalue weighted by Crippen LogP contribution is 2.36. The van der Waals surface area contributed by atoms with Crippen LogP contribution in [0.1, 0.15) is 54.7 Å². The van der Waals surface area contributed by atoms with Gasteiger partial charge in [0.25, 0.3) is 0 Å². The standard InChI is InChI=1S/C14H20O/c1-10-11(2)14(15)9-8-13(10)12-6-4-3-5-7-12/h8-9,12,15H,3-7H2,1-2H3. The molecule has 1 fully saturated rings. The lowest BCUT2D eigenvalue weighted by Crippen LogP contribution is -2.06. The molecule has 0 bridgehead atoms. The molecular formula is C14H20O. The van der Waals surface area contributed by atoms with Crippen LogP contribution in [0.4, 0.5) is 0 Å². The van der Waals surface area contributed by atoms with E-state index in [0.717, 1.165) is 11.5 Å². The van der Waals surface area contributed by atoms with Gasteiger partial charge >= 0.3 is 0 Å². The molecule has 2 rings (SSSR count). The summed E-state index contributed by atoms with van der Waals surface area (Å²) < 4.78 is 0. The highest BCUT2D eigenvalue weighted by molar-refractivity contribution is 5.44. The highest BCUT2D eigenvalue weighted by Gasteiger charge is 2.18. The van der Waals surface area contributed by atoms with Crippen molar-refractivity contribution in [3.05, 3.63) is 28.8 Å². The number of hydrogen-bond acceptors (Lipinski definition) is 1. The zero-order chi connectivity index (χ0) is 10.8. The molecule has 1 aliphatic rings. The molecule has 15 heavy (non-hydrogen) atoms. The number of phenolic OH excluding ortho intramolecular Hbond substituents is 1. The van der Waals surface area contributed by atoms with E-state index in [1.54, 1.807) is 0 Å². The normalized spacial score (nSPS) is 18.0. The summed E-state index contributed by atoms with van der Waals surface area (Å²) in [5.41, 5.74) is 3.81. The molecule has 0 saturated heterocycles. The number of hydrogen-bond donors (Lipinski definition) is 1. The smallest absolute Gasteiger partial charge is 0.118 e. The van der Waals surface area contributed by atoms with Crippen molar-refractivity contribution in [3.8, 4) is 5.75 Å². The molecule has 0 atom stereocenters. The second-order valence-electron chi connectivity index (χ2n) is 4.76. The van der Waals surface area contributed by atoms with Gasteiger partial charge in [0.1, 0.15) is 5.75 Å². The lowest BCUT2D eigenvalue weighted by atomic mass is 9.81. The molecule has 0 radical (unpaired) electrons. The van der Waals surface area contributed by atoms with Crippen molar-refractivity contribution in [2.45, 2.75) is 51.9 Å². The quantitative estimate of drug-likeness (QED) is 0.731. The summed E-state index contributed by atoms with van der Waals surface area (Å²) in [5, 5.41) is 9.62. The fourth-order valence-corrected chi connectivity index (χ4v) is 2.68. The van der Waals surface area contributed by atoms with Gasteiger partial charge in [-0.25, -0.2) is 0 Å². The number of phenols is 1. The first-order valence-corrected chi connectivity index (χ1v) is 5.99. The van der Waals surface area contributed by atoms with Crippen LogP contribution in [0.2, 0.25) is 0 Å². The molecule has 1 N–H and O–H groups in total. The Morgan fingerprint density at radius 3 is 2.33 bits per heavy atom. The van der Waals surface area contributed by atoms with Gasteiger partial charge in [0, 0.05) is 0 Å². The molecule has 0 unspecified atom stereocenters. The summed E-state index contributed by atoms with van der Waals surface area (Å²) in [5.74, 6) is 1.17. The van der Waals surface area contributed by atoms with E-state index in [4.69, 9.17) is 0 Å². The summed E-state index contributed by atoms with van der Waals surface area (Å²) in [6, 6.07) is 3.97. The Balaban J connectivity index is 2.31. The zero-order valence-electron chi connectivity index (χ0n) is 9.71. The summed E-state index contributed by atoms with van der Waals surface area (Å²) >= 11 is 0. The zero-order valence-corrected chi connectivity index (χ0v) is 9.71. The van der Waals surface area contributed by atoms with Crippen molar-refractivity contribution in [1.82, 2.24) is 0 Å². The van der Waals surface area contributed by atoms with Gasteiger partial charge in [-0.3, -0.25) is 0 Å². The van der Waals surface area contributed by atoms with Crippen LogP contribution < -0.4 is 0 Å². The van der Waals surface area contributed by atoms with Crippen molar-refractivity contribution in [3.63, 3.8) is 0 Å². The van der Waals surface area contributed by atoms with Crippen LogP contribution in [-0.4, -0.2) is 5.11 Å². The summed E-state index contributed by atoms with van der Waals surface area (Å²) in [4.78, 5) is 0. The third-order valence-electron chi connectivity index (χ3n) is 3.85. The molecule has 1 saturated carbocycles. The predicted molar refractivity (Wildman–Crippen MR) is 63.4 cm³/mol. The first kappa shape index (κ1) is 10.5. The Hall–Kier alpha value is -0.980. The number of rotatable bonds is 1. The van der Waals surface area contributed by atoms with Gasteiger partial charge in [0.15, 0.2) is 0 Å². The minimum atomic E-state index is 0.437. The Labute approximate surface area is 92.1 Å². The van der Waals surface area contributed by atoms with Gasteiger partial charge in [-0.05, 0) is 55.4 Å². The lowest BCUT2D eigenvalue weighted by molar-refractivity contribution is 0.439. The van der Waals surface area contributed by atoms with E-state index in [-0.39, 0.29) is 0 Å². The molecule has 0 aromatic heterocycles. The molecule has 1 nitrogen and oxygen atoms in total. The monoisotopic (exact) mass is 204 g/mol. The van der Waals surface area contributed by atoms with Crippen LogP contribution in [-0.2, 0) is 0 Å². The molecule has 1 heteroatoms. The van der Waals surface area contributed by atoms with Gasteiger partial charge in [0.2, 0.25) is 0 Å². The SMILES string of the molecule is Cc1c(O)ccc(C2CCCCC2)c1C. The van der Waals surface area contributed by atoms with Gasteiger partial charge in [-0.15, -0.1) is 0 Å². The van der Waals surface area contributed by atoms with Gasteiger partial charge in [-0.1, -0.05) is 25.3 Å². The van der Waals surface area contributed by atoms with Crippen molar-refractivity contribution >= 4 is 0 Å². The van der Waals surface area contributed by atoms with Crippen molar-refractivity contribution in [2.24, 2.45) is 0 Å². The third-order valence-corrected chi connectivity index (χ3v) is 3.85. The van der Waals surface area contributed by atoms with Crippen LogP contribution in [0.25, 0.3) is 0 Å². The van der Waals surface area contributed by atoms with E-state index >= 15 is 0 Å². The molecule has 0 spiro atoms. The largest absolute Gasteiger partial charge is 0.508 e. The van der Waals surface area contributed by atoms with E-state index in [1.807, 2.05) is 13.0 Å². The Bertz CT molecular complexity index is 349. The van der Waals surface area contributed by atoms with Crippen LogP contribution in [0, 0.1) is 13.8 Å². The van der Waals surface area contributed by atoms with Crippen LogP contribution >= 0.6 is 0 Å². The van der Waals surface area contributed by atoms with E-state index in [2.05, 4.69) is 13.0 Å². The lowest BCUT2D eigenvalue weighted by Gasteiger charge is -2.24. The van der Waals surface area contributed by atoms with Gasteiger partial charge in [0.05, 0.1) is 0 Å². The molecule has 0 heterocycles. The molecular weight excluding hydrogens is 184 g/mol. The molecule has 1 aromatic carbocycles. The van der Waals surface area contributed by atoms with E-state index < -0.39 is 0 Å². The maximum Gasteiger partial charge on any atom is 0.118 e. The van der Waals surface area contributed by atoms with Crippen molar-refractivity contribution in [1.29, 1.82) is 0 Å². The fraction of sp³-hybridized carbons (Fsp3) is 0.571. The van der Waals surface area contributed by atoms with Gasteiger partial charge < -0.3 is 5.11 Å². The Morgan fingerprint density at radius 1 is 1.00 bits per heavy atom. The van der Waals surface area contributed by atoms with E-state index in [1.165, 1.54) is 43.2 Å². The molecule has 82 valence electrons.